The summed E-state index contributed by atoms with van der Waals surface area (Å²) in [6, 6.07) is 10.5. The van der Waals surface area contributed by atoms with Gasteiger partial charge in [-0.05, 0) is 25.0 Å². The maximum Gasteiger partial charge on any atom is 0.309 e. The van der Waals surface area contributed by atoms with Gasteiger partial charge in [0, 0.05) is 6.42 Å². The van der Waals surface area contributed by atoms with Crippen LogP contribution < -0.4 is 4.18 Å². The van der Waals surface area contributed by atoms with Crippen molar-refractivity contribution < 1.29 is 12.6 Å². The topological polar surface area (TPSA) is 67.2 Å². The minimum atomic E-state index is -3.50. The zero-order valence-electron chi connectivity index (χ0n) is 9.50. The first-order valence-electron chi connectivity index (χ1n) is 5.48. The van der Waals surface area contributed by atoms with Crippen molar-refractivity contribution >= 4 is 10.1 Å². The van der Waals surface area contributed by atoms with Crippen molar-refractivity contribution in [2.75, 3.05) is 5.75 Å². The van der Waals surface area contributed by atoms with E-state index in [1.165, 1.54) is 0 Å². The van der Waals surface area contributed by atoms with Crippen molar-refractivity contribution in [3.8, 4) is 11.8 Å². The molecule has 1 rings (SSSR count). The Hall–Kier alpha value is -1.54. The summed E-state index contributed by atoms with van der Waals surface area (Å²) in [5, 5.41) is 8.33. The molecular weight excluding hydrogens is 238 g/mol. The van der Waals surface area contributed by atoms with E-state index in [1.54, 1.807) is 30.3 Å². The molecule has 0 saturated carbocycles. The van der Waals surface area contributed by atoms with Crippen molar-refractivity contribution in [2.24, 2.45) is 0 Å². The number of para-hydroxylation sites is 1. The number of benzene rings is 1. The monoisotopic (exact) mass is 253 g/mol. The standard InChI is InChI=1S/C12H15NO3S/c13-10-6-1-2-7-11-17(14,15)16-12-8-4-3-5-9-12/h3-5,8-9H,1-2,6-7,11H2. The third kappa shape index (κ3) is 5.93. The van der Waals surface area contributed by atoms with Gasteiger partial charge in [-0.3, -0.25) is 0 Å². The summed E-state index contributed by atoms with van der Waals surface area (Å²) in [5.41, 5.74) is 0. The molecule has 0 bridgehead atoms. The Kier molecular flexibility index (Phi) is 5.50. The molecule has 92 valence electrons. The zero-order chi connectivity index (χ0) is 12.6. The predicted octanol–water partition coefficient (Wildman–Crippen LogP) is 2.48. The van der Waals surface area contributed by atoms with Gasteiger partial charge in [-0.15, -0.1) is 0 Å². The molecule has 17 heavy (non-hydrogen) atoms. The first kappa shape index (κ1) is 13.5. The molecule has 0 amide bonds. The van der Waals surface area contributed by atoms with Crippen LogP contribution in [-0.2, 0) is 10.1 Å². The Morgan fingerprint density at radius 1 is 1.12 bits per heavy atom. The molecule has 0 aliphatic heterocycles. The van der Waals surface area contributed by atoms with E-state index in [1.807, 2.05) is 6.07 Å². The molecule has 1 aromatic carbocycles. The van der Waals surface area contributed by atoms with Gasteiger partial charge in [-0.25, -0.2) is 0 Å². The van der Waals surface area contributed by atoms with Gasteiger partial charge < -0.3 is 4.18 Å². The van der Waals surface area contributed by atoms with Crippen molar-refractivity contribution in [2.45, 2.75) is 25.7 Å². The van der Waals surface area contributed by atoms with Crippen molar-refractivity contribution in [3.63, 3.8) is 0 Å². The molecule has 0 aliphatic rings. The van der Waals surface area contributed by atoms with Crippen LogP contribution in [0.2, 0.25) is 0 Å². The lowest BCUT2D eigenvalue weighted by Crippen LogP contribution is -2.13. The fourth-order valence-corrected chi connectivity index (χ4v) is 2.37. The van der Waals surface area contributed by atoms with Crippen molar-refractivity contribution in [1.29, 1.82) is 5.26 Å². The lowest BCUT2D eigenvalue weighted by atomic mass is 10.2. The predicted molar refractivity (Wildman–Crippen MR) is 64.9 cm³/mol. The number of unbranched alkanes of at least 4 members (excludes halogenated alkanes) is 3. The fraction of sp³-hybridized carbons (Fsp3) is 0.417. The number of hydrogen-bond acceptors (Lipinski definition) is 4. The average molecular weight is 253 g/mol. The van der Waals surface area contributed by atoms with Gasteiger partial charge in [0.15, 0.2) is 0 Å². The Bertz CT molecular complexity index is 462. The minimum Gasteiger partial charge on any atom is -0.382 e. The lowest BCUT2D eigenvalue weighted by molar-refractivity contribution is 0.482. The molecule has 0 radical (unpaired) electrons. The molecule has 0 spiro atoms. The largest absolute Gasteiger partial charge is 0.382 e. The molecule has 1 aromatic rings. The SMILES string of the molecule is N#CCCCCCS(=O)(=O)Oc1ccccc1. The van der Waals surface area contributed by atoms with E-state index in [-0.39, 0.29) is 5.75 Å². The number of rotatable bonds is 7. The third-order valence-corrected chi connectivity index (χ3v) is 3.38. The molecule has 0 aromatic heterocycles. The lowest BCUT2D eigenvalue weighted by Gasteiger charge is -2.06. The van der Waals surface area contributed by atoms with Crippen molar-refractivity contribution in [3.05, 3.63) is 30.3 Å². The van der Waals surface area contributed by atoms with Crippen LogP contribution in [0.15, 0.2) is 30.3 Å². The second-order valence-electron chi connectivity index (χ2n) is 3.63. The van der Waals surface area contributed by atoms with Crippen LogP contribution in [0.25, 0.3) is 0 Å². The summed E-state index contributed by atoms with van der Waals surface area (Å²) in [6.07, 6.45) is 2.46. The summed E-state index contributed by atoms with van der Waals surface area (Å²) in [4.78, 5) is 0. The first-order valence-corrected chi connectivity index (χ1v) is 7.06. The van der Waals surface area contributed by atoms with E-state index in [4.69, 9.17) is 9.44 Å². The minimum absolute atomic E-state index is 0.00662. The molecule has 0 N–H and O–H groups in total. The van der Waals surface area contributed by atoms with Crippen LogP contribution in [-0.4, -0.2) is 14.2 Å². The van der Waals surface area contributed by atoms with Crippen LogP contribution in [0.4, 0.5) is 0 Å². The highest BCUT2D eigenvalue weighted by Crippen LogP contribution is 2.13. The Morgan fingerprint density at radius 3 is 2.47 bits per heavy atom. The normalized spacial score (nSPS) is 10.8. The number of hydrogen-bond donors (Lipinski definition) is 0. The fourth-order valence-electron chi connectivity index (χ4n) is 1.32. The second-order valence-corrected chi connectivity index (χ2v) is 5.32. The molecular formula is C12H15NO3S. The molecule has 0 heterocycles. The third-order valence-electron chi connectivity index (χ3n) is 2.15. The van der Waals surface area contributed by atoms with Crippen LogP contribution in [0, 0.1) is 11.3 Å². The highest BCUT2D eigenvalue weighted by Gasteiger charge is 2.11. The van der Waals surface area contributed by atoms with Gasteiger partial charge in [0.25, 0.3) is 0 Å². The first-order chi connectivity index (χ1) is 8.14. The van der Waals surface area contributed by atoms with Gasteiger partial charge in [-0.2, -0.15) is 13.7 Å². The number of nitriles is 1. The molecule has 0 aliphatic carbocycles. The Balaban J connectivity index is 2.35. The highest BCUT2D eigenvalue weighted by molar-refractivity contribution is 7.87. The van der Waals surface area contributed by atoms with Gasteiger partial charge in [-0.1, -0.05) is 24.6 Å². The second kappa shape index (κ2) is 6.92. The molecule has 4 nitrogen and oxygen atoms in total. The molecule has 0 atom stereocenters. The summed E-state index contributed by atoms with van der Waals surface area (Å²) in [6.45, 7) is 0. The highest BCUT2D eigenvalue weighted by atomic mass is 32.2. The van der Waals surface area contributed by atoms with Crippen LogP contribution in [0.1, 0.15) is 25.7 Å². The van der Waals surface area contributed by atoms with E-state index >= 15 is 0 Å². The van der Waals surface area contributed by atoms with Gasteiger partial charge >= 0.3 is 10.1 Å². The van der Waals surface area contributed by atoms with E-state index < -0.39 is 10.1 Å². The summed E-state index contributed by atoms with van der Waals surface area (Å²) in [7, 11) is -3.50. The quantitative estimate of drug-likeness (QED) is 0.553. The molecule has 0 saturated heterocycles. The molecule has 0 fully saturated rings. The molecule has 5 heteroatoms. The maximum absolute atomic E-state index is 11.5. The Labute approximate surface area is 102 Å². The van der Waals surface area contributed by atoms with E-state index in [9.17, 15) is 8.42 Å². The van der Waals surface area contributed by atoms with Crippen LogP contribution in [0.3, 0.4) is 0 Å². The van der Waals surface area contributed by atoms with Crippen LogP contribution >= 0.6 is 0 Å². The van der Waals surface area contributed by atoms with E-state index in [2.05, 4.69) is 0 Å². The summed E-state index contributed by atoms with van der Waals surface area (Å²) >= 11 is 0. The van der Waals surface area contributed by atoms with Crippen molar-refractivity contribution in [1.82, 2.24) is 0 Å². The van der Waals surface area contributed by atoms with Gasteiger partial charge in [0.05, 0.1) is 11.8 Å². The van der Waals surface area contributed by atoms with E-state index in [0.717, 1.165) is 12.8 Å². The van der Waals surface area contributed by atoms with Gasteiger partial charge in [0.1, 0.15) is 5.75 Å². The molecule has 0 unspecified atom stereocenters. The summed E-state index contributed by atoms with van der Waals surface area (Å²) in [5.74, 6) is 0.331. The Morgan fingerprint density at radius 2 is 1.82 bits per heavy atom. The van der Waals surface area contributed by atoms with Gasteiger partial charge in [0.2, 0.25) is 0 Å². The van der Waals surface area contributed by atoms with Crippen LogP contribution in [0.5, 0.6) is 5.75 Å². The number of nitrogens with zero attached hydrogens (tertiary/aromatic N) is 1. The average Bonchev–Trinajstić information content (AvgIpc) is 2.29. The zero-order valence-corrected chi connectivity index (χ0v) is 10.3. The maximum atomic E-state index is 11.5. The summed E-state index contributed by atoms with van der Waals surface area (Å²) < 4.78 is 28.0. The smallest absolute Gasteiger partial charge is 0.309 e. The van der Waals surface area contributed by atoms with E-state index in [0.29, 0.717) is 18.6 Å².